The highest BCUT2D eigenvalue weighted by molar-refractivity contribution is 5.94. The molecule has 1 atom stereocenters. The lowest BCUT2D eigenvalue weighted by Crippen LogP contribution is -2.37. The van der Waals surface area contributed by atoms with Gasteiger partial charge in [0.1, 0.15) is 0 Å². The van der Waals surface area contributed by atoms with Crippen LogP contribution < -0.4 is 11.1 Å². The third kappa shape index (κ3) is 4.67. The highest BCUT2D eigenvalue weighted by Crippen LogP contribution is 2.32. The van der Waals surface area contributed by atoms with Crippen LogP contribution in [0.25, 0.3) is 0 Å². The van der Waals surface area contributed by atoms with Crippen LogP contribution in [0.2, 0.25) is 0 Å². The van der Waals surface area contributed by atoms with E-state index < -0.39 is 0 Å². The lowest BCUT2D eigenvalue weighted by Gasteiger charge is -2.12. The van der Waals surface area contributed by atoms with E-state index in [4.69, 9.17) is 5.73 Å². The first-order valence-corrected chi connectivity index (χ1v) is 6.25. The van der Waals surface area contributed by atoms with E-state index in [0.29, 0.717) is 12.1 Å². The highest BCUT2D eigenvalue weighted by atomic mass is 35.5. The topological polar surface area (TPSA) is 55.1 Å². The summed E-state index contributed by atoms with van der Waals surface area (Å²) >= 11 is 0. The van der Waals surface area contributed by atoms with Crippen LogP contribution in [0.1, 0.15) is 35.2 Å². The van der Waals surface area contributed by atoms with Gasteiger partial charge in [0.25, 0.3) is 5.91 Å². The zero-order valence-electron chi connectivity index (χ0n) is 10.7. The first-order valence-electron chi connectivity index (χ1n) is 6.25. The molecule has 2 rings (SSSR count). The zero-order chi connectivity index (χ0) is 12.3. The summed E-state index contributed by atoms with van der Waals surface area (Å²) in [5.74, 6) is 0.775. The molecule has 0 radical (unpaired) electrons. The number of hydrogen-bond donors (Lipinski definition) is 2. The number of halogens is 1. The third-order valence-corrected chi connectivity index (χ3v) is 3.17. The standard InChI is InChI=1S/C14H20N2O.ClH/c1-10-2-6-12(7-3-10)14(17)16-9-13(15)8-11-4-5-11;/h2-3,6-7,11,13H,4-5,8-9,15H2,1H3,(H,16,17);1H/t13-;/m0./s1. The lowest BCUT2D eigenvalue weighted by atomic mass is 10.1. The fraction of sp³-hybridized carbons (Fsp3) is 0.500. The van der Waals surface area contributed by atoms with Crippen LogP contribution in [0.5, 0.6) is 0 Å². The molecule has 0 heterocycles. The Bertz CT molecular complexity index is 387. The Morgan fingerprint density at radius 2 is 2.00 bits per heavy atom. The number of carbonyl (C=O) groups is 1. The minimum absolute atomic E-state index is 0. The maximum Gasteiger partial charge on any atom is 0.251 e. The summed E-state index contributed by atoms with van der Waals surface area (Å²) in [6.45, 7) is 2.58. The Balaban J connectivity index is 0.00000162. The molecular formula is C14H21ClN2O. The van der Waals surface area contributed by atoms with Crippen molar-refractivity contribution in [2.24, 2.45) is 11.7 Å². The van der Waals surface area contributed by atoms with Crippen molar-refractivity contribution in [1.82, 2.24) is 5.32 Å². The quantitative estimate of drug-likeness (QED) is 0.861. The van der Waals surface area contributed by atoms with Gasteiger partial charge in [-0.05, 0) is 31.4 Å². The van der Waals surface area contributed by atoms with Gasteiger partial charge in [0.15, 0.2) is 0 Å². The first-order chi connectivity index (χ1) is 8.15. The first kappa shape index (κ1) is 15.0. The Kier molecular flexibility index (Phi) is 5.63. The van der Waals surface area contributed by atoms with Gasteiger partial charge in [-0.15, -0.1) is 12.4 Å². The SMILES string of the molecule is Cc1ccc(C(=O)NC[C@@H](N)CC2CC2)cc1.Cl. The molecule has 0 unspecified atom stereocenters. The van der Waals surface area contributed by atoms with Gasteiger partial charge in [-0.2, -0.15) is 0 Å². The van der Waals surface area contributed by atoms with Crippen LogP contribution in [-0.2, 0) is 0 Å². The van der Waals surface area contributed by atoms with Gasteiger partial charge in [0, 0.05) is 18.2 Å². The van der Waals surface area contributed by atoms with Crippen molar-refractivity contribution < 1.29 is 4.79 Å². The average molecular weight is 269 g/mol. The molecule has 0 spiro atoms. The summed E-state index contributed by atoms with van der Waals surface area (Å²) in [5.41, 5.74) is 7.81. The number of amides is 1. The third-order valence-electron chi connectivity index (χ3n) is 3.17. The fourth-order valence-electron chi connectivity index (χ4n) is 1.90. The van der Waals surface area contributed by atoms with E-state index >= 15 is 0 Å². The predicted octanol–water partition coefficient (Wildman–Crippen LogP) is 2.27. The molecule has 4 heteroatoms. The fourth-order valence-corrected chi connectivity index (χ4v) is 1.90. The molecule has 3 nitrogen and oxygen atoms in total. The maximum absolute atomic E-state index is 11.8. The number of nitrogens with two attached hydrogens (primary N) is 1. The second-order valence-electron chi connectivity index (χ2n) is 5.02. The molecule has 0 aliphatic heterocycles. The summed E-state index contributed by atoms with van der Waals surface area (Å²) in [6, 6.07) is 7.67. The van der Waals surface area contributed by atoms with Crippen LogP contribution in [-0.4, -0.2) is 18.5 Å². The van der Waals surface area contributed by atoms with E-state index in [0.717, 1.165) is 17.9 Å². The van der Waals surface area contributed by atoms with Gasteiger partial charge in [0.2, 0.25) is 0 Å². The summed E-state index contributed by atoms with van der Waals surface area (Å²) in [6.07, 6.45) is 3.65. The number of aryl methyl sites for hydroxylation is 1. The van der Waals surface area contributed by atoms with Gasteiger partial charge < -0.3 is 11.1 Å². The van der Waals surface area contributed by atoms with Gasteiger partial charge in [0.05, 0.1) is 0 Å². The van der Waals surface area contributed by atoms with Gasteiger partial charge in [-0.3, -0.25) is 4.79 Å². The van der Waals surface area contributed by atoms with Crippen LogP contribution in [0.15, 0.2) is 24.3 Å². The van der Waals surface area contributed by atoms with E-state index in [9.17, 15) is 4.79 Å². The Hall–Kier alpha value is -1.06. The van der Waals surface area contributed by atoms with E-state index in [-0.39, 0.29) is 24.4 Å². The summed E-state index contributed by atoms with van der Waals surface area (Å²) in [4.78, 5) is 11.8. The predicted molar refractivity (Wildman–Crippen MR) is 76.1 cm³/mol. The normalized spacial score (nSPS) is 15.7. The van der Waals surface area contributed by atoms with Gasteiger partial charge in [-0.1, -0.05) is 30.5 Å². The lowest BCUT2D eigenvalue weighted by molar-refractivity contribution is 0.0950. The molecule has 1 aromatic rings. The molecule has 18 heavy (non-hydrogen) atoms. The number of hydrogen-bond acceptors (Lipinski definition) is 2. The number of benzene rings is 1. The van der Waals surface area contributed by atoms with E-state index in [1.54, 1.807) is 0 Å². The largest absolute Gasteiger partial charge is 0.350 e. The Labute approximate surface area is 115 Å². The second-order valence-corrected chi connectivity index (χ2v) is 5.02. The molecule has 1 amide bonds. The molecule has 0 bridgehead atoms. The molecule has 1 aliphatic carbocycles. The number of rotatable bonds is 5. The minimum atomic E-state index is -0.0313. The van der Waals surface area contributed by atoms with Crippen molar-refractivity contribution in [1.29, 1.82) is 0 Å². The van der Waals surface area contributed by atoms with E-state index in [1.165, 1.54) is 12.8 Å². The van der Waals surface area contributed by atoms with Crippen molar-refractivity contribution in [2.75, 3.05) is 6.54 Å². The summed E-state index contributed by atoms with van der Waals surface area (Å²) < 4.78 is 0. The molecule has 1 saturated carbocycles. The monoisotopic (exact) mass is 268 g/mol. The molecular weight excluding hydrogens is 248 g/mol. The van der Waals surface area contributed by atoms with E-state index in [1.807, 2.05) is 31.2 Å². The van der Waals surface area contributed by atoms with Gasteiger partial charge >= 0.3 is 0 Å². The van der Waals surface area contributed by atoms with Crippen molar-refractivity contribution in [3.63, 3.8) is 0 Å². The smallest absolute Gasteiger partial charge is 0.251 e. The molecule has 3 N–H and O–H groups in total. The molecule has 1 aromatic carbocycles. The van der Waals surface area contributed by atoms with Crippen molar-refractivity contribution in [2.45, 2.75) is 32.2 Å². The Morgan fingerprint density at radius 1 is 1.39 bits per heavy atom. The van der Waals surface area contributed by atoms with Crippen LogP contribution in [0.3, 0.4) is 0 Å². The van der Waals surface area contributed by atoms with Crippen molar-refractivity contribution >= 4 is 18.3 Å². The molecule has 0 aromatic heterocycles. The minimum Gasteiger partial charge on any atom is -0.350 e. The Morgan fingerprint density at radius 3 is 2.56 bits per heavy atom. The number of carbonyl (C=O) groups excluding carboxylic acids is 1. The maximum atomic E-state index is 11.8. The molecule has 100 valence electrons. The highest BCUT2D eigenvalue weighted by Gasteiger charge is 2.23. The van der Waals surface area contributed by atoms with Crippen LogP contribution >= 0.6 is 12.4 Å². The second kappa shape index (κ2) is 6.76. The zero-order valence-corrected chi connectivity index (χ0v) is 11.5. The summed E-state index contributed by atoms with van der Waals surface area (Å²) in [7, 11) is 0. The van der Waals surface area contributed by atoms with Crippen LogP contribution in [0.4, 0.5) is 0 Å². The van der Waals surface area contributed by atoms with Crippen LogP contribution in [0, 0.1) is 12.8 Å². The molecule has 1 fully saturated rings. The average Bonchev–Trinajstić information content (AvgIpc) is 3.11. The van der Waals surface area contributed by atoms with Gasteiger partial charge in [-0.25, -0.2) is 0 Å². The molecule has 0 saturated heterocycles. The van der Waals surface area contributed by atoms with E-state index in [2.05, 4.69) is 5.32 Å². The summed E-state index contributed by atoms with van der Waals surface area (Å²) in [5, 5.41) is 2.89. The van der Waals surface area contributed by atoms with Crippen molar-refractivity contribution in [3.05, 3.63) is 35.4 Å². The molecule has 1 aliphatic rings. The number of nitrogens with one attached hydrogen (secondary N) is 1. The van der Waals surface area contributed by atoms with Crippen molar-refractivity contribution in [3.8, 4) is 0 Å².